The highest BCUT2D eigenvalue weighted by Crippen LogP contribution is 2.51. The minimum Gasteiger partial charge on any atom is -0.481 e. The Labute approximate surface area is 116 Å². The number of hydrogen-bond donors (Lipinski definition) is 1. The molecule has 0 aliphatic heterocycles. The molecular weight excluding hydrogens is 258 g/mol. The molecule has 0 amide bonds. The summed E-state index contributed by atoms with van der Waals surface area (Å²) in [6.45, 7) is 6.40. The Bertz CT molecular complexity index is 662. The smallest absolute Gasteiger partial charge is 0.314 e. The normalized spacial score (nSPS) is 17.6. The lowest BCUT2D eigenvalue weighted by molar-refractivity contribution is -0.140. The maximum absolute atomic E-state index is 11.5. The van der Waals surface area contributed by atoms with Crippen molar-refractivity contribution in [2.45, 2.75) is 44.4 Å². The van der Waals surface area contributed by atoms with E-state index in [2.05, 4.69) is 20.8 Å². The quantitative estimate of drug-likeness (QED) is 0.909. The first-order chi connectivity index (χ1) is 8.84. The highest BCUT2D eigenvalue weighted by Gasteiger charge is 2.53. The third-order valence-electron chi connectivity index (χ3n) is 3.74. The van der Waals surface area contributed by atoms with E-state index in [-0.39, 0.29) is 5.41 Å². The minimum absolute atomic E-state index is 0.000887. The SMILES string of the molecule is CC(C)(C)c1nc2c(C3(C(=O)O)CC3)cccc2s1. The first-order valence-corrected chi connectivity index (χ1v) is 7.30. The largest absolute Gasteiger partial charge is 0.481 e. The molecular formula is C15H17NO2S. The molecule has 1 N–H and O–H groups in total. The third kappa shape index (κ3) is 1.86. The van der Waals surface area contributed by atoms with Crippen LogP contribution in [0.2, 0.25) is 0 Å². The molecule has 3 rings (SSSR count). The van der Waals surface area contributed by atoms with E-state index in [1.807, 2.05) is 18.2 Å². The van der Waals surface area contributed by atoms with E-state index in [9.17, 15) is 9.90 Å². The summed E-state index contributed by atoms with van der Waals surface area (Å²) in [7, 11) is 0. The summed E-state index contributed by atoms with van der Waals surface area (Å²) < 4.78 is 1.09. The van der Waals surface area contributed by atoms with Crippen molar-refractivity contribution in [2.24, 2.45) is 0 Å². The van der Waals surface area contributed by atoms with Crippen molar-refractivity contribution >= 4 is 27.5 Å². The number of rotatable bonds is 2. The zero-order valence-corrected chi connectivity index (χ0v) is 12.2. The summed E-state index contributed by atoms with van der Waals surface area (Å²) in [5.74, 6) is -0.717. The number of thiazole rings is 1. The standard InChI is InChI=1S/C15H17NO2S/c1-14(2,3)12-16-11-9(5-4-6-10(11)19-12)15(7-8-15)13(17)18/h4-6H,7-8H2,1-3H3,(H,17,18). The molecule has 4 heteroatoms. The Morgan fingerprint density at radius 1 is 1.37 bits per heavy atom. The average molecular weight is 275 g/mol. The van der Waals surface area contributed by atoms with Crippen molar-refractivity contribution in [3.63, 3.8) is 0 Å². The van der Waals surface area contributed by atoms with Crippen LogP contribution in [0.3, 0.4) is 0 Å². The predicted octanol–water partition coefficient (Wildman–Crippen LogP) is 3.71. The van der Waals surface area contributed by atoms with Crippen LogP contribution in [0.15, 0.2) is 18.2 Å². The van der Waals surface area contributed by atoms with Gasteiger partial charge >= 0.3 is 5.97 Å². The maximum Gasteiger partial charge on any atom is 0.314 e. The van der Waals surface area contributed by atoms with Gasteiger partial charge in [-0.1, -0.05) is 32.9 Å². The average Bonchev–Trinajstić information content (AvgIpc) is 2.99. The lowest BCUT2D eigenvalue weighted by Gasteiger charge is -2.13. The Balaban J connectivity index is 2.22. The molecule has 0 atom stereocenters. The van der Waals surface area contributed by atoms with E-state index >= 15 is 0 Å². The van der Waals surface area contributed by atoms with Gasteiger partial charge < -0.3 is 5.11 Å². The lowest BCUT2D eigenvalue weighted by atomic mass is 9.94. The van der Waals surface area contributed by atoms with E-state index in [1.54, 1.807) is 11.3 Å². The molecule has 0 radical (unpaired) electrons. The van der Waals surface area contributed by atoms with E-state index in [0.29, 0.717) is 0 Å². The molecule has 0 unspecified atom stereocenters. The van der Waals surface area contributed by atoms with Crippen LogP contribution in [-0.4, -0.2) is 16.1 Å². The first kappa shape index (κ1) is 12.6. The van der Waals surface area contributed by atoms with Gasteiger partial charge in [-0.25, -0.2) is 4.98 Å². The van der Waals surface area contributed by atoms with Gasteiger partial charge in [0.15, 0.2) is 0 Å². The number of fused-ring (bicyclic) bond motifs is 1. The number of carbonyl (C=O) groups is 1. The van der Waals surface area contributed by atoms with Crippen LogP contribution in [-0.2, 0) is 15.6 Å². The predicted molar refractivity (Wildman–Crippen MR) is 76.9 cm³/mol. The van der Waals surface area contributed by atoms with Gasteiger partial charge in [-0.15, -0.1) is 11.3 Å². The summed E-state index contributed by atoms with van der Waals surface area (Å²) in [5.41, 5.74) is 1.10. The monoisotopic (exact) mass is 275 g/mol. The minimum atomic E-state index is -0.717. The molecule has 1 fully saturated rings. The van der Waals surface area contributed by atoms with Crippen LogP contribution in [0, 0.1) is 0 Å². The van der Waals surface area contributed by atoms with E-state index in [0.717, 1.165) is 33.6 Å². The van der Waals surface area contributed by atoms with Crippen LogP contribution >= 0.6 is 11.3 Å². The zero-order chi connectivity index (χ0) is 13.8. The first-order valence-electron chi connectivity index (χ1n) is 6.48. The van der Waals surface area contributed by atoms with Crippen LogP contribution in [0.4, 0.5) is 0 Å². The summed E-state index contributed by atoms with van der Waals surface area (Å²) in [6.07, 6.45) is 1.45. The van der Waals surface area contributed by atoms with Crippen LogP contribution < -0.4 is 0 Å². The van der Waals surface area contributed by atoms with Crippen molar-refractivity contribution in [3.8, 4) is 0 Å². The van der Waals surface area contributed by atoms with E-state index < -0.39 is 11.4 Å². The molecule has 1 saturated carbocycles. The van der Waals surface area contributed by atoms with Gasteiger partial charge in [0.1, 0.15) is 0 Å². The van der Waals surface area contributed by atoms with Crippen molar-refractivity contribution in [3.05, 3.63) is 28.8 Å². The summed E-state index contributed by atoms with van der Waals surface area (Å²) >= 11 is 1.67. The van der Waals surface area contributed by atoms with Crippen molar-refractivity contribution < 1.29 is 9.90 Å². The molecule has 100 valence electrons. The molecule has 1 aromatic carbocycles. The maximum atomic E-state index is 11.5. The van der Waals surface area contributed by atoms with Gasteiger partial charge in [0.25, 0.3) is 0 Å². The second-order valence-electron chi connectivity index (χ2n) is 6.31. The summed E-state index contributed by atoms with van der Waals surface area (Å²) in [6, 6.07) is 5.91. The fraction of sp³-hybridized carbons (Fsp3) is 0.467. The van der Waals surface area contributed by atoms with Crippen molar-refractivity contribution in [2.75, 3.05) is 0 Å². The second-order valence-corrected chi connectivity index (χ2v) is 7.34. The number of para-hydroxylation sites is 1. The number of carboxylic acid groups (broad SMARTS) is 1. The van der Waals surface area contributed by atoms with E-state index in [1.165, 1.54) is 0 Å². The number of carboxylic acids is 1. The second kappa shape index (κ2) is 3.79. The fourth-order valence-corrected chi connectivity index (χ4v) is 3.43. The Morgan fingerprint density at radius 2 is 2.05 bits per heavy atom. The van der Waals surface area contributed by atoms with Crippen LogP contribution in [0.25, 0.3) is 10.2 Å². The molecule has 0 bridgehead atoms. The highest BCUT2D eigenvalue weighted by atomic mass is 32.1. The number of benzene rings is 1. The molecule has 2 aromatic rings. The fourth-order valence-electron chi connectivity index (χ4n) is 2.38. The number of aliphatic carboxylic acids is 1. The van der Waals surface area contributed by atoms with Gasteiger partial charge in [0, 0.05) is 5.41 Å². The third-order valence-corrected chi connectivity index (χ3v) is 5.18. The highest BCUT2D eigenvalue weighted by molar-refractivity contribution is 7.18. The number of nitrogens with zero attached hydrogens (tertiary/aromatic N) is 1. The van der Waals surface area contributed by atoms with Gasteiger partial charge in [-0.2, -0.15) is 0 Å². The molecule has 0 spiro atoms. The van der Waals surface area contributed by atoms with Gasteiger partial charge in [-0.05, 0) is 24.5 Å². The molecule has 1 aliphatic rings. The zero-order valence-electron chi connectivity index (χ0n) is 11.4. The van der Waals surface area contributed by atoms with Crippen molar-refractivity contribution in [1.29, 1.82) is 0 Å². The molecule has 1 aromatic heterocycles. The Hall–Kier alpha value is -1.42. The molecule has 1 heterocycles. The molecule has 3 nitrogen and oxygen atoms in total. The van der Waals surface area contributed by atoms with Crippen molar-refractivity contribution in [1.82, 2.24) is 4.98 Å². The molecule has 0 saturated heterocycles. The Morgan fingerprint density at radius 3 is 2.58 bits per heavy atom. The summed E-state index contributed by atoms with van der Waals surface area (Å²) in [4.78, 5) is 16.2. The van der Waals surface area contributed by atoms with Crippen LogP contribution in [0.5, 0.6) is 0 Å². The lowest BCUT2D eigenvalue weighted by Crippen LogP contribution is -2.20. The number of hydrogen-bond acceptors (Lipinski definition) is 3. The Kier molecular flexibility index (Phi) is 2.52. The molecule has 1 aliphatic carbocycles. The van der Waals surface area contributed by atoms with Gasteiger partial charge in [0.2, 0.25) is 0 Å². The van der Waals surface area contributed by atoms with Crippen LogP contribution in [0.1, 0.15) is 44.2 Å². The molecule has 19 heavy (non-hydrogen) atoms. The van der Waals surface area contributed by atoms with E-state index in [4.69, 9.17) is 4.98 Å². The topological polar surface area (TPSA) is 50.2 Å². The summed E-state index contributed by atoms with van der Waals surface area (Å²) in [5, 5.41) is 10.5. The van der Waals surface area contributed by atoms with Gasteiger partial charge in [0.05, 0.1) is 20.6 Å². The number of aromatic nitrogens is 1. The van der Waals surface area contributed by atoms with Gasteiger partial charge in [-0.3, -0.25) is 4.79 Å².